The third-order valence-electron chi connectivity index (χ3n) is 4.12. The second kappa shape index (κ2) is 7.99. The molecule has 1 aliphatic rings. The van der Waals surface area contributed by atoms with Gasteiger partial charge in [-0.15, -0.1) is 0 Å². The molecule has 0 aromatic heterocycles. The third kappa shape index (κ3) is 3.97. The Hall–Kier alpha value is -1.31. The summed E-state index contributed by atoms with van der Waals surface area (Å²) in [4.78, 5) is 0.173. The van der Waals surface area contributed by atoms with Crippen LogP contribution in [0.15, 0.2) is 23.1 Å². The van der Waals surface area contributed by atoms with Gasteiger partial charge in [0.1, 0.15) is 16.4 Å². The summed E-state index contributed by atoms with van der Waals surface area (Å²) in [6, 6.07) is 4.90. The maximum absolute atomic E-state index is 13.2. The molecule has 0 aliphatic carbocycles. The van der Waals surface area contributed by atoms with Crippen molar-refractivity contribution < 1.29 is 17.9 Å². The van der Waals surface area contributed by atoms with Gasteiger partial charge in [-0.2, -0.15) is 4.31 Å². The third-order valence-corrected chi connectivity index (χ3v) is 6.09. The Morgan fingerprint density at radius 2 is 1.91 bits per heavy atom. The first-order valence-corrected chi connectivity index (χ1v) is 9.43. The number of rotatable bonds is 7. The molecule has 0 bridgehead atoms. The highest BCUT2D eigenvalue weighted by molar-refractivity contribution is 7.89. The van der Waals surface area contributed by atoms with Gasteiger partial charge in [0.25, 0.3) is 0 Å². The average Bonchev–Trinajstić information content (AvgIpc) is 2.59. The predicted molar refractivity (Wildman–Crippen MR) is 89.6 cm³/mol. The lowest BCUT2D eigenvalue weighted by atomic mass is 10.1. The number of ether oxygens (including phenoxy) is 2. The zero-order chi connectivity index (χ0) is 16.9. The lowest BCUT2D eigenvalue weighted by Gasteiger charge is -2.33. The Balaban J connectivity index is 2.44. The molecular weight excluding hydrogens is 316 g/mol. The molecule has 0 atom stereocenters. The maximum atomic E-state index is 13.2. The van der Waals surface area contributed by atoms with Gasteiger partial charge in [0.15, 0.2) is 0 Å². The van der Waals surface area contributed by atoms with Gasteiger partial charge in [-0.05, 0) is 44.5 Å². The Labute approximate surface area is 138 Å². The van der Waals surface area contributed by atoms with E-state index in [1.54, 1.807) is 16.4 Å². The highest BCUT2D eigenvalue weighted by atomic mass is 32.2. The number of hydrogen-bond acceptors (Lipinski definition) is 5. The summed E-state index contributed by atoms with van der Waals surface area (Å²) in [5.74, 6) is 0.854. The quantitative estimate of drug-likeness (QED) is 0.819. The van der Waals surface area contributed by atoms with Crippen molar-refractivity contribution in [1.29, 1.82) is 0 Å². The molecule has 0 amide bonds. The molecule has 0 saturated carbocycles. The van der Waals surface area contributed by atoms with Crippen LogP contribution in [-0.4, -0.2) is 52.6 Å². The topological polar surface area (TPSA) is 67.9 Å². The molecular formula is C16H26N2O4S. The van der Waals surface area contributed by atoms with Gasteiger partial charge in [-0.25, -0.2) is 8.42 Å². The van der Waals surface area contributed by atoms with Crippen molar-refractivity contribution in [1.82, 2.24) is 9.62 Å². The van der Waals surface area contributed by atoms with Crippen LogP contribution in [0.25, 0.3) is 0 Å². The molecule has 1 fully saturated rings. The van der Waals surface area contributed by atoms with Crippen LogP contribution in [0.3, 0.4) is 0 Å². The fraction of sp³-hybridized carbons (Fsp3) is 0.625. The summed E-state index contributed by atoms with van der Waals surface area (Å²) in [5.41, 5.74) is 0. The van der Waals surface area contributed by atoms with Crippen LogP contribution in [-0.2, 0) is 10.0 Å². The van der Waals surface area contributed by atoms with Crippen molar-refractivity contribution in [2.45, 2.75) is 37.1 Å². The smallest absolute Gasteiger partial charge is 0.247 e. The second-order valence-corrected chi connectivity index (χ2v) is 7.47. The standard InChI is InChI=1S/C16H26N2O4S/c1-4-11-18(13-7-9-17-10-8-13)23(19,20)16-12-14(21-2)5-6-15(16)22-3/h5-6,12-13,17H,4,7-11H2,1-3H3. The van der Waals surface area contributed by atoms with E-state index in [2.05, 4.69) is 5.32 Å². The first kappa shape index (κ1) is 18.0. The molecule has 23 heavy (non-hydrogen) atoms. The van der Waals surface area contributed by atoms with E-state index in [4.69, 9.17) is 9.47 Å². The molecule has 1 aliphatic heterocycles. The molecule has 6 nitrogen and oxygen atoms in total. The normalized spacial score (nSPS) is 16.5. The molecule has 7 heteroatoms. The highest BCUT2D eigenvalue weighted by Gasteiger charge is 2.33. The van der Waals surface area contributed by atoms with E-state index in [0.29, 0.717) is 18.0 Å². The Bertz CT molecular complexity index is 613. The number of sulfonamides is 1. The number of nitrogens with one attached hydrogen (secondary N) is 1. The summed E-state index contributed by atoms with van der Waals surface area (Å²) in [7, 11) is -0.633. The monoisotopic (exact) mass is 342 g/mol. The van der Waals surface area contributed by atoms with Crippen molar-refractivity contribution >= 4 is 10.0 Å². The number of methoxy groups -OCH3 is 2. The van der Waals surface area contributed by atoms with Crippen molar-refractivity contribution in [2.75, 3.05) is 33.9 Å². The lowest BCUT2D eigenvalue weighted by Crippen LogP contribution is -2.46. The molecule has 1 aromatic carbocycles. The summed E-state index contributed by atoms with van der Waals surface area (Å²) in [5, 5.41) is 3.28. The van der Waals surface area contributed by atoms with Gasteiger partial charge in [0.05, 0.1) is 14.2 Å². The van der Waals surface area contributed by atoms with E-state index in [9.17, 15) is 8.42 Å². The molecule has 0 radical (unpaired) electrons. The van der Waals surface area contributed by atoms with Gasteiger partial charge in [-0.1, -0.05) is 6.92 Å². The largest absolute Gasteiger partial charge is 0.497 e. The minimum absolute atomic E-state index is 0.0251. The Morgan fingerprint density at radius 3 is 2.48 bits per heavy atom. The molecule has 1 N–H and O–H groups in total. The van der Waals surface area contributed by atoms with E-state index in [0.717, 1.165) is 32.4 Å². The number of benzene rings is 1. The summed E-state index contributed by atoms with van der Waals surface area (Å²) in [6.45, 7) is 4.19. The molecule has 1 heterocycles. The first-order chi connectivity index (χ1) is 11.0. The van der Waals surface area contributed by atoms with Crippen LogP contribution in [0.4, 0.5) is 0 Å². The first-order valence-electron chi connectivity index (χ1n) is 7.99. The summed E-state index contributed by atoms with van der Waals surface area (Å²) >= 11 is 0. The molecule has 1 aromatic rings. The fourth-order valence-electron chi connectivity index (χ4n) is 2.93. The van der Waals surface area contributed by atoms with Crippen molar-refractivity contribution in [3.8, 4) is 11.5 Å². The van der Waals surface area contributed by atoms with Gasteiger partial charge in [-0.3, -0.25) is 0 Å². The van der Waals surface area contributed by atoms with E-state index < -0.39 is 10.0 Å². The van der Waals surface area contributed by atoms with Crippen molar-refractivity contribution in [3.05, 3.63) is 18.2 Å². The maximum Gasteiger partial charge on any atom is 0.247 e. The van der Waals surface area contributed by atoms with Gasteiger partial charge in [0.2, 0.25) is 10.0 Å². The molecule has 0 unspecified atom stereocenters. The van der Waals surface area contributed by atoms with E-state index >= 15 is 0 Å². The highest BCUT2D eigenvalue weighted by Crippen LogP contribution is 2.32. The van der Waals surface area contributed by atoms with Gasteiger partial charge >= 0.3 is 0 Å². The van der Waals surface area contributed by atoms with Crippen molar-refractivity contribution in [2.24, 2.45) is 0 Å². The number of hydrogen-bond donors (Lipinski definition) is 1. The Morgan fingerprint density at radius 1 is 1.22 bits per heavy atom. The van der Waals surface area contributed by atoms with Crippen LogP contribution in [0.1, 0.15) is 26.2 Å². The van der Waals surface area contributed by atoms with E-state index in [1.165, 1.54) is 20.3 Å². The summed E-state index contributed by atoms with van der Waals surface area (Å²) < 4.78 is 38.6. The SMILES string of the molecule is CCCN(C1CCNCC1)S(=O)(=O)c1cc(OC)ccc1OC. The minimum Gasteiger partial charge on any atom is -0.497 e. The van der Waals surface area contributed by atoms with Crippen molar-refractivity contribution in [3.63, 3.8) is 0 Å². The van der Waals surface area contributed by atoms with Crippen LogP contribution < -0.4 is 14.8 Å². The average molecular weight is 342 g/mol. The lowest BCUT2D eigenvalue weighted by molar-refractivity contribution is 0.261. The van der Waals surface area contributed by atoms with Gasteiger partial charge < -0.3 is 14.8 Å². The van der Waals surface area contributed by atoms with Crippen LogP contribution in [0.2, 0.25) is 0 Å². The minimum atomic E-state index is -3.64. The number of piperidine rings is 1. The Kier molecular flexibility index (Phi) is 6.26. The molecule has 2 rings (SSSR count). The zero-order valence-electron chi connectivity index (χ0n) is 14.0. The molecule has 0 spiro atoms. The van der Waals surface area contributed by atoms with E-state index in [-0.39, 0.29) is 10.9 Å². The summed E-state index contributed by atoms with van der Waals surface area (Å²) in [6.07, 6.45) is 2.42. The van der Waals surface area contributed by atoms with Crippen LogP contribution in [0, 0.1) is 0 Å². The second-order valence-electron chi connectivity index (χ2n) is 5.61. The predicted octanol–water partition coefficient (Wildman–Crippen LogP) is 1.86. The molecule has 1 saturated heterocycles. The van der Waals surface area contributed by atoms with Gasteiger partial charge in [0, 0.05) is 18.7 Å². The zero-order valence-corrected chi connectivity index (χ0v) is 14.9. The van der Waals surface area contributed by atoms with Crippen LogP contribution in [0.5, 0.6) is 11.5 Å². The van der Waals surface area contributed by atoms with E-state index in [1.807, 2.05) is 6.92 Å². The molecule has 130 valence electrons. The number of nitrogens with zero attached hydrogens (tertiary/aromatic N) is 1. The van der Waals surface area contributed by atoms with Crippen LogP contribution >= 0.6 is 0 Å². The fourth-order valence-corrected chi connectivity index (χ4v) is 4.88.